The fourth-order valence-corrected chi connectivity index (χ4v) is 1.80. The van der Waals surface area contributed by atoms with E-state index in [9.17, 15) is 0 Å². The molecule has 1 aromatic heterocycles. The number of nitrogens with one attached hydrogen (secondary N) is 1. The van der Waals surface area contributed by atoms with E-state index >= 15 is 0 Å². The molecule has 0 aliphatic rings. The van der Waals surface area contributed by atoms with E-state index in [1.807, 2.05) is 48.8 Å². The Morgan fingerprint density at radius 1 is 0.941 bits per heavy atom. The van der Waals surface area contributed by atoms with Gasteiger partial charge in [-0.15, -0.1) is 0 Å². The van der Waals surface area contributed by atoms with Crippen LogP contribution in [0.1, 0.15) is 5.56 Å². The predicted molar refractivity (Wildman–Crippen MR) is 72.0 cm³/mol. The molecule has 2 aromatic carbocycles. The van der Waals surface area contributed by atoms with Gasteiger partial charge in [-0.05, 0) is 29.1 Å². The molecule has 0 saturated heterocycles. The summed E-state index contributed by atoms with van der Waals surface area (Å²) in [6, 6.07) is 18.3. The van der Waals surface area contributed by atoms with Crippen LogP contribution >= 0.6 is 0 Å². The van der Waals surface area contributed by atoms with Crippen molar-refractivity contribution in [1.82, 2.24) is 4.98 Å². The summed E-state index contributed by atoms with van der Waals surface area (Å²) in [5.41, 5.74) is 3.19. The second kappa shape index (κ2) is 4.26. The molecule has 3 aromatic rings. The average Bonchev–Trinajstić information content (AvgIpc) is 2.85. The summed E-state index contributed by atoms with van der Waals surface area (Å²) < 4.78 is 0. The third-order valence-corrected chi connectivity index (χ3v) is 2.70. The summed E-state index contributed by atoms with van der Waals surface area (Å²) in [5.74, 6) is 0. The standard InChI is InChI=1S/C15H12N2/c1-2-4-12(5-3-1)11-17-14-7-6-13-8-9-16-15(13)10-14/h1-11,16H. The second-order valence-electron chi connectivity index (χ2n) is 3.92. The highest BCUT2D eigenvalue weighted by Crippen LogP contribution is 2.19. The van der Waals surface area contributed by atoms with Crippen LogP contribution in [0.4, 0.5) is 5.69 Å². The highest BCUT2D eigenvalue weighted by atomic mass is 14.7. The van der Waals surface area contributed by atoms with Gasteiger partial charge in [-0.3, -0.25) is 4.99 Å². The molecule has 0 fully saturated rings. The van der Waals surface area contributed by atoms with Crippen molar-refractivity contribution in [2.75, 3.05) is 0 Å². The molecule has 0 spiro atoms. The van der Waals surface area contributed by atoms with Crippen molar-refractivity contribution in [3.63, 3.8) is 0 Å². The summed E-state index contributed by atoms with van der Waals surface area (Å²) >= 11 is 0. The van der Waals surface area contributed by atoms with Gasteiger partial charge in [-0.25, -0.2) is 0 Å². The van der Waals surface area contributed by atoms with E-state index in [-0.39, 0.29) is 0 Å². The lowest BCUT2D eigenvalue weighted by Gasteiger charge is -1.95. The molecule has 1 heterocycles. The van der Waals surface area contributed by atoms with Crippen LogP contribution in [0.15, 0.2) is 65.8 Å². The maximum absolute atomic E-state index is 4.46. The Hall–Kier alpha value is -2.35. The topological polar surface area (TPSA) is 28.1 Å². The van der Waals surface area contributed by atoms with Crippen LogP contribution in [0.3, 0.4) is 0 Å². The maximum Gasteiger partial charge on any atom is 0.0650 e. The van der Waals surface area contributed by atoms with Crippen molar-refractivity contribution in [3.8, 4) is 0 Å². The minimum absolute atomic E-state index is 0.962. The van der Waals surface area contributed by atoms with Gasteiger partial charge in [0, 0.05) is 17.9 Å². The van der Waals surface area contributed by atoms with Gasteiger partial charge in [-0.1, -0.05) is 36.4 Å². The van der Waals surface area contributed by atoms with Gasteiger partial charge >= 0.3 is 0 Å². The lowest BCUT2D eigenvalue weighted by atomic mass is 10.2. The minimum Gasteiger partial charge on any atom is -0.361 e. The fraction of sp³-hybridized carbons (Fsp3) is 0. The van der Waals surface area contributed by atoms with Gasteiger partial charge in [-0.2, -0.15) is 0 Å². The van der Waals surface area contributed by atoms with Crippen LogP contribution in [0.25, 0.3) is 10.9 Å². The maximum atomic E-state index is 4.46. The number of nitrogens with zero attached hydrogens (tertiary/aromatic N) is 1. The van der Waals surface area contributed by atoms with E-state index in [2.05, 4.69) is 28.2 Å². The number of benzene rings is 2. The Kier molecular flexibility index (Phi) is 2.47. The van der Waals surface area contributed by atoms with E-state index < -0.39 is 0 Å². The van der Waals surface area contributed by atoms with Gasteiger partial charge in [0.05, 0.1) is 5.69 Å². The molecular weight excluding hydrogens is 208 g/mol. The third-order valence-electron chi connectivity index (χ3n) is 2.70. The van der Waals surface area contributed by atoms with Crippen LogP contribution in [0, 0.1) is 0 Å². The summed E-state index contributed by atoms with van der Waals surface area (Å²) in [6.07, 6.45) is 3.82. The Morgan fingerprint density at radius 3 is 2.71 bits per heavy atom. The Labute approximate surface area is 99.6 Å². The first-order valence-corrected chi connectivity index (χ1v) is 5.58. The molecule has 0 radical (unpaired) electrons. The zero-order chi connectivity index (χ0) is 11.5. The number of aliphatic imine (C=N–C) groups is 1. The van der Waals surface area contributed by atoms with E-state index in [1.54, 1.807) is 0 Å². The summed E-state index contributed by atoms with van der Waals surface area (Å²) in [6.45, 7) is 0. The van der Waals surface area contributed by atoms with E-state index in [1.165, 1.54) is 5.39 Å². The summed E-state index contributed by atoms with van der Waals surface area (Å²) in [4.78, 5) is 7.65. The Bertz CT molecular complexity index is 651. The van der Waals surface area contributed by atoms with Crippen molar-refractivity contribution >= 4 is 22.8 Å². The third kappa shape index (κ3) is 2.11. The number of H-pyrrole nitrogens is 1. The number of hydrogen-bond donors (Lipinski definition) is 1. The molecule has 0 unspecified atom stereocenters. The Balaban J connectivity index is 1.92. The lowest BCUT2D eigenvalue weighted by Crippen LogP contribution is -1.77. The van der Waals surface area contributed by atoms with Crippen molar-refractivity contribution in [1.29, 1.82) is 0 Å². The van der Waals surface area contributed by atoms with Gasteiger partial charge < -0.3 is 4.98 Å². The first kappa shape index (κ1) is 9.85. The molecule has 0 amide bonds. The van der Waals surface area contributed by atoms with Crippen molar-refractivity contribution in [2.24, 2.45) is 4.99 Å². The molecule has 17 heavy (non-hydrogen) atoms. The summed E-state index contributed by atoms with van der Waals surface area (Å²) in [5, 5.41) is 1.21. The van der Waals surface area contributed by atoms with Gasteiger partial charge in [0.25, 0.3) is 0 Å². The normalized spacial score (nSPS) is 11.3. The largest absolute Gasteiger partial charge is 0.361 e. The highest BCUT2D eigenvalue weighted by molar-refractivity contribution is 5.85. The number of rotatable bonds is 2. The van der Waals surface area contributed by atoms with E-state index in [0.717, 1.165) is 16.8 Å². The van der Waals surface area contributed by atoms with Crippen molar-refractivity contribution < 1.29 is 0 Å². The van der Waals surface area contributed by atoms with Gasteiger partial charge in [0.1, 0.15) is 0 Å². The van der Waals surface area contributed by atoms with Crippen LogP contribution < -0.4 is 0 Å². The zero-order valence-corrected chi connectivity index (χ0v) is 9.30. The Morgan fingerprint density at radius 2 is 1.82 bits per heavy atom. The molecular formula is C15H12N2. The van der Waals surface area contributed by atoms with Gasteiger partial charge in [0.2, 0.25) is 0 Å². The van der Waals surface area contributed by atoms with Gasteiger partial charge in [0.15, 0.2) is 0 Å². The molecule has 2 nitrogen and oxygen atoms in total. The lowest BCUT2D eigenvalue weighted by molar-refractivity contribution is 1.46. The molecule has 1 N–H and O–H groups in total. The molecule has 0 aliphatic carbocycles. The molecule has 0 aliphatic heterocycles. The molecule has 0 bridgehead atoms. The average molecular weight is 220 g/mol. The smallest absolute Gasteiger partial charge is 0.0650 e. The number of aromatic amines is 1. The highest BCUT2D eigenvalue weighted by Gasteiger charge is 1.94. The zero-order valence-electron chi connectivity index (χ0n) is 9.30. The van der Waals surface area contributed by atoms with Crippen LogP contribution in [0.5, 0.6) is 0 Å². The van der Waals surface area contributed by atoms with Crippen LogP contribution in [-0.2, 0) is 0 Å². The molecule has 82 valence electrons. The molecule has 3 rings (SSSR count). The van der Waals surface area contributed by atoms with E-state index in [4.69, 9.17) is 0 Å². The van der Waals surface area contributed by atoms with Crippen LogP contribution in [-0.4, -0.2) is 11.2 Å². The summed E-state index contributed by atoms with van der Waals surface area (Å²) in [7, 11) is 0. The number of fused-ring (bicyclic) bond motifs is 1. The molecule has 0 saturated carbocycles. The van der Waals surface area contributed by atoms with Crippen molar-refractivity contribution in [2.45, 2.75) is 0 Å². The second-order valence-corrected chi connectivity index (χ2v) is 3.92. The first-order valence-electron chi connectivity index (χ1n) is 5.58. The SMILES string of the molecule is C(=Nc1ccc2cc[nH]c2c1)c1ccccc1. The number of aromatic nitrogens is 1. The fourth-order valence-electron chi connectivity index (χ4n) is 1.80. The monoisotopic (exact) mass is 220 g/mol. The first-order chi connectivity index (χ1) is 8.42. The molecule has 2 heteroatoms. The van der Waals surface area contributed by atoms with Crippen LogP contribution in [0.2, 0.25) is 0 Å². The number of hydrogen-bond acceptors (Lipinski definition) is 1. The van der Waals surface area contributed by atoms with Crippen molar-refractivity contribution in [3.05, 3.63) is 66.4 Å². The minimum atomic E-state index is 0.962. The molecule has 0 atom stereocenters. The predicted octanol–water partition coefficient (Wildman–Crippen LogP) is 3.92. The quantitative estimate of drug-likeness (QED) is 0.634. The van der Waals surface area contributed by atoms with E-state index in [0.29, 0.717) is 0 Å².